The number of anilines is 2. The summed E-state index contributed by atoms with van der Waals surface area (Å²) in [6, 6.07) is 12.2. The number of carbonyl (C=O) groups excluding carboxylic acids is 1. The normalized spacial score (nSPS) is 10.5. The Kier molecular flexibility index (Phi) is 6.70. The Balaban J connectivity index is 1.82. The lowest BCUT2D eigenvalue weighted by atomic mass is 10.2. The highest BCUT2D eigenvalue weighted by Crippen LogP contribution is 2.26. The number of benzene rings is 2. The summed E-state index contributed by atoms with van der Waals surface area (Å²) in [7, 11) is 0. The molecule has 132 valence electrons. The first-order valence-electron chi connectivity index (χ1n) is 7.27. The maximum atomic E-state index is 12.2. The zero-order chi connectivity index (χ0) is 18.2. The number of nitrogens with zero attached hydrogens (tertiary/aromatic N) is 1. The van der Waals surface area contributed by atoms with Gasteiger partial charge in [0.2, 0.25) is 5.91 Å². The van der Waals surface area contributed by atoms with E-state index in [2.05, 4.69) is 10.6 Å². The van der Waals surface area contributed by atoms with Gasteiger partial charge in [0.15, 0.2) is 0 Å². The lowest BCUT2D eigenvalue weighted by Gasteiger charge is -2.08. The molecule has 0 radical (unpaired) electrons. The molecule has 2 rings (SSSR count). The van der Waals surface area contributed by atoms with Gasteiger partial charge in [-0.25, -0.2) is 0 Å². The summed E-state index contributed by atoms with van der Waals surface area (Å²) < 4.78 is 24.5. The van der Waals surface area contributed by atoms with Crippen LogP contribution in [0.5, 0.6) is 0 Å². The van der Waals surface area contributed by atoms with Gasteiger partial charge in [-0.2, -0.15) is 8.78 Å². The standard InChI is InChI=1S/C16H15F2N3O3S/c17-16(18)25-12-7-5-11(6-8-12)20-15(22)9-10-19-13-3-1-2-4-14(13)21(23)24/h1-8,16,19H,9-10H2,(H,20,22). The van der Waals surface area contributed by atoms with Crippen LogP contribution in [0.1, 0.15) is 6.42 Å². The molecule has 6 nitrogen and oxygen atoms in total. The van der Waals surface area contributed by atoms with Crippen LogP contribution in [0.25, 0.3) is 0 Å². The average Bonchev–Trinajstić information content (AvgIpc) is 2.56. The lowest BCUT2D eigenvalue weighted by Crippen LogP contribution is -2.16. The van der Waals surface area contributed by atoms with Crippen molar-refractivity contribution in [3.05, 3.63) is 58.6 Å². The summed E-state index contributed by atoms with van der Waals surface area (Å²) in [6.45, 7) is 0.218. The highest BCUT2D eigenvalue weighted by atomic mass is 32.2. The molecule has 0 unspecified atom stereocenters. The number of amides is 1. The number of halogens is 2. The molecule has 0 atom stereocenters. The van der Waals surface area contributed by atoms with E-state index in [0.717, 1.165) is 0 Å². The maximum absolute atomic E-state index is 12.2. The predicted molar refractivity (Wildman–Crippen MR) is 93.1 cm³/mol. The van der Waals surface area contributed by atoms with Crippen LogP contribution in [0.15, 0.2) is 53.4 Å². The van der Waals surface area contributed by atoms with Gasteiger partial charge in [0.1, 0.15) is 5.69 Å². The zero-order valence-electron chi connectivity index (χ0n) is 12.9. The van der Waals surface area contributed by atoms with Gasteiger partial charge in [0, 0.05) is 29.6 Å². The van der Waals surface area contributed by atoms with Gasteiger partial charge in [0.25, 0.3) is 11.4 Å². The minimum atomic E-state index is -2.49. The third-order valence-corrected chi connectivity index (χ3v) is 3.85. The third-order valence-electron chi connectivity index (χ3n) is 3.13. The Bertz CT molecular complexity index is 742. The molecule has 0 aliphatic rings. The number of nitro benzene ring substituents is 1. The van der Waals surface area contributed by atoms with E-state index in [0.29, 0.717) is 28.0 Å². The summed E-state index contributed by atoms with van der Waals surface area (Å²) in [5, 5.41) is 16.4. The van der Waals surface area contributed by atoms with Crippen molar-refractivity contribution in [3.63, 3.8) is 0 Å². The number of hydrogen-bond acceptors (Lipinski definition) is 5. The van der Waals surface area contributed by atoms with Crippen molar-refractivity contribution in [1.29, 1.82) is 0 Å². The van der Waals surface area contributed by atoms with Gasteiger partial charge in [-0.3, -0.25) is 14.9 Å². The number of rotatable bonds is 8. The number of nitro groups is 1. The molecule has 25 heavy (non-hydrogen) atoms. The molecule has 2 aromatic carbocycles. The van der Waals surface area contributed by atoms with E-state index < -0.39 is 10.7 Å². The molecular weight excluding hydrogens is 352 g/mol. The number of alkyl halides is 2. The summed E-state index contributed by atoms with van der Waals surface area (Å²) in [5.74, 6) is -2.78. The van der Waals surface area contributed by atoms with Crippen molar-refractivity contribution in [2.45, 2.75) is 17.1 Å². The smallest absolute Gasteiger partial charge is 0.292 e. The summed E-state index contributed by atoms with van der Waals surface area (Å²) in [4.78, 5) is 22.7. The van der Waals surface area contributed by atoms with Crippen molar-refractivity contribution in [1.82, 2.24) is 0 Å². The van der Waals surface area contributed by atoms with Crippen LogP contribution in [-0.4, -0.2) is 23.1 Å². The van der Waals surface area contributed by atoms with E-state index in [-0.39, 0.29) is 24.6 Å². The second-order valence-electron chi connectivity index (χ2n) is 4.90. The maximum Gasteiger partial charge on any atom is 0.292 e. The van der Waals surface area contributed by atoms with Gasteiger partial charge in [-0.15, -0.1) is 0 Å². The molecule has 0 aliphatic heterocycles. The second kappa shape index (κ2) is 8.97. The number of carbonyl (C=O) groups is 1. The van der Waals surface area contributed by atoms with E-state index in [1.165, 1.54) is 30.3 Å². The van der Waals surface area contributed by atoms with Gasteiger partial charge in [0.05, 0.1) is 4.92 Å². The van der Waals surface area contributed by atoms with Crippen molar-refractivity contribution in [2.24, 2.45) is 0 Å². The van der Waals surface area contributed by atoms with Crippen LogP contribution in [-0.2, 0) is 4.79 Å². The molecule has 2 N–H and O–H groups in total. The van der Waals surface area contributed by atoms with Gasteiger partial charge >= 0.3 is 0 Å². The van der Waals surface area contributed by atoms with Gasteiger partial charge in [-0.05, 0) is 30.3 Å². The molecule has 2 aromatic rings. The molecule has 0 aliphatic carbocycles. The third kappa shape index (κ3) is 6.03. The second-order valence-corrected chi connectivity index (χ2v) is 5.97. The molecule has 0 saturated heterocycles. The molecule has 0 heterocycles. The molecule has 0 spiro atoms. The van der Waals surface area contributed by atoms with Crippen LogP contribution in [0, 0.1) is 10.1 Å². The van der Waals surface area contributed by atoms with E-state index in [4.69, 9.17) is 0 Å². The van der Waals surface area contributed by atoms with Crippen LogP contribution < -0.4 is 10.6 Å². The molecular formula is C16H15F2N3O3S. The molecule has 1 amide bonds. The molecule has 0 fully saturated rings. The fourth-order valence-electron chi connectivity index (χ4n) is 2.04. The highest BCUT2D eigenvalue weighted by molar-refractivity contribution is 7.99. The first-order chi connectivity index (χ1) is 12.0. The number of thioether (sulfide) groups is 1. The first-order valence-corrected chi connectivity index (χ1v) is 8.15. The lowest BCUT2D eigenvalue weighted by molar-refractivity contribution is -0.384. The Morgan fingerprint density at radius 1 is 1.16 bits per heavy atom. The number of para-hydroxylation sites is 2. The predicted octanol–water partition coefficient (Wildman–Crippen LogP) is 4.35. The van der Waals surface area contributed by atoms with E-state index in [9.17, 15) is 23.7 Å². The average molecular weight is 367 g/mol. The van der Waals surface area contributed by atoms with E-state index in [1.54, 1.807) is 18.2 Å². The minimum absolute atomic E-state index is 0.0602. The van der Waals surface area contributed by atoms with Crippen molar-refractivity contribution in [3.8, 4) is 0 Å². The van der Waals surface area contributed by atoms with Crippen LogP contribution in [0.4, 0.5) is 25.8 Å². The number of hydrogen-bond donors (Lipinski definition) is 2. The molecule has 0 saturated carbocycles. The Morgan fingerprint density at radius 3 is 2.48 bits per heavy atom. The van der Waals surface area contributed by atoms with Crippen LogP contribution in [0.3, 0.4) is 0 Å². The number of nitrogens with one attached hydrogen (secondary N) is 2. The zero-order valence-corrected chi connectivity index (χ0v) is 13.8. The summed E-state index contributed by atoms with van der Waals surface area (Å²) in [6.07, 6.45) is 0.0968. The molecule has 0 bridgehead atoms. The van der Waals surface area contributed by atoms with Crippen molar-refractivity contribution >= 4 is 34.7 Å². The van der Waals surface area contributed by atoms with Crippen molar-refractivity contribution < 1.29 is 18.5 Å². The first kappa shape index (κ1) is 18.7. The minimum Gasteiger partial charge on any atom is -0.379 e. The Labute approximate surface area is 146 Å². The fraction of sp³-hybridized carbons (Fsp3) is 0.188. The summed E-state index contributed by atoms with van der Waals surface area (Å²) >= 11 is 0.430. The molecule has 9 heteroatoms. The topological polar surface area (TPSA) is 84.3 Å². The van der Waals surface area contributed by atoms with E-state index in [1.807, 2.05) is 0 Å². The SMILES string of the molecule is O=C(CCNc1ccccc1[N+](=O)[O-])Nc1ccc(SC(F)F)cc1. The Morgan fingerprint density at radius 2 is 1.84 bits per heavy atom. The fourth-order valence-corrected chi connectivity index (χ4v) is 2.54. The summed E-state index contributed by atoms with van der Waals surface area (Å²) in [5.41, 5.74) is 0.776. The van der Waals surface area contributed by atoms with Gasteiger partial charge in [-0.1, -0.05) is 23.9 Å². The van der Waals surface area contributed by atoms with Crippen LogP contribution >= 0.6 is 11.8 Å². The molecule has 0 aromatic heterocycles. The van der Waals surface area contributed by atoms with Gasteiger partial charge < -0.3 is 10.6 Å². The van der Waals surface area contributed by atoms with E-state index >= 15 is 0 Å². The monoisotopic (exact) mass is 367 g/mol. The van der Waals surface area contributed by atoms with Crippen molar-refractivity contribution in [2.75, 3.05) is 17.2 Å². The Hall–Kier alpha value is -2.68. The van der Waals surface area contributed by atoms with Crippen LogP contribution in [0.2, 0.25) is 0 Å². The largest absolute Gasteiger partial charge is 0.379 e. The highest BCUT2D eigenvalue weighted by Gasteiger charge is 2.12. The quantitative estimate of drug-likeness (QED) is 0.412.